The van der Waals surface area contributed by atoms with Gasteiger partial charge in [0.15, 0.2) is 0 Å². The van der Waals surface area contributed by atoms with Crippen molar-refractivity contribution in [2.24, 2.45) is 0 Å². The fraction of sp³-hybridized carbons (Fsp3) is 0.500. The summed E-state index contributed by atoms with van der Waals surface area (Å²) in [5, 5.41) is 38.9. The number of aliphatic hydroxyl groups is 1. The molecule has 0 rings (SSSR count). The van der Waals surface area contributed by atoms with Crippen molar-refractivity contribution in [3.8, 4) is 0 Å². The van der Waals surface area contributed by atoms with Crippen LogP contribution in [0.4, 0.5) is 0 Å². The molecule has 9 heteroatoms. The summed E-state index contributed by atoms with van der Waals surface area (Å²) in [7, 11) is 0. The number of carbonyl (C=O) groups excluding carboxylic acids is 3. The summed E-state index contributed by atoms with van der Waals surface area (Å²) in [6, 6.07) is 0. The van der Waals surface area contributed by atoms with E-state index in [1.807, 2.05) is 0 Å². The molecule has 0 aromatic rings. The molecular weight excluding hydrogens is 322 g/mol. The Morgan fingerprint density at radius 2 is 1.27 bits per heavy atom. The molecule has 0 saturated carbocycles. The Bertz CT molecular complexity index is 246. The zero-order valence-electron chi connectivity index (χ0n) is 7.17. The van der Waals surface area contributed by atoms with Gasteiger partial charge in [-0.05, 0) is 0 Å². The summed E-state index contributed by atoms with van der Waals surface area (Å²) in [4.78, 5) is 30.0. The van der Waals surface area contributed by atoms with Crippen molar-refractivity contribution in [1.82, 2.24) is 0 Å². The fourth-order valence-corrected chi connectivity index (χ4v) is 0.684. The van der Waals surface area contributed by atoms with Crippen molar-refractivity contribution in [3.63, 3.8) is 0 Å². The number of aliphatic carboxylic acids is 3. The second-order valence-electron chi connectivity index (χ2n) is 2.42. The molecule has 0 atom stereocenters. The molecule has 0 unspecified atom stereocenters. The molecule has 82 valence electrons. The second-order valence-corrected chi connectivity index (χ2v) is 2.42. The van der Waals surface area contributed by atoms with Crippen LogP contribution in [0.25, 0.3) is 0 Å². The summed E-state index contributed by atoms with van der Waals surface area (Å²) < 4.78 is 8.30. The average Bonchev–Trinajstić information content (AvgIpc) is 2.04. The molecule has 0 spiro atoms. The molecule has 0 amide bonds. The summed E-state index contributed by atoms with van der Waals surface area (Å²) >= 11 is 0.500. The Balaban J connectivity index is 0. The monoisotopic (exact) mass is 326 g/mol. The van der Waals surface area contributed by atoms with Crippen LogP contribution in [0.2, 0.25) is 0 Å². The van der Waals surface area contributed by atoms with Gasteiger partial charge in [0.1, 0.15) is 5.60 Å². The zero-order chi connectivity index (χ0) is 12.6. The van der Waals surface area contributed by atoms with E-state index < -0.39 is 36.4 Å². The van der Waals surface area contributed by atoms with Gasteiger partial charge in [0.05, 0.1) is 5.97 Å². The fourth-order valence-electron chi connectivity index (χ4n) is 0.684. The number of carbonyl (C=O) groups is 3. The Morgan fingerprint density at radius 1 is 1.00 bits per heavy atom. The third-order valence-electron chi connectivity index (χ3n) is 1.25. The van der Waals surface area contributed by atoms with E-state index in [4.69, 9.17) is 8.12 Å². The molecule has 0 saturated heterocycles. The van der Waals surface area contributed by atoms with E-state index in [-0.39, 0.29) is 0 Å². The quantitative estimate of drug-likeness (QED) is 0.489. The Hall–Kier alpha value is -1.01. The maximum absolute atomic E-state index is 10.1. The van der Waals surface area contributed by atoms with Crippen molar-refractivity contribution >= 4 is 40.9 Å². The third kappa shape index (κ3) is 6.98. The van der Waals surface area contributed by atoms with Crippen molar-refractivity contribution in [3.05, 3.63) is 0 Å². The van der Waals surface area contributed by atoms with E-state index in [0.29, 0.717) is 23.0 Å². The van der Waals surface area contributed by atoms with Crippen LogP contribution < -0.4 is 15.3 Å². The van der Waals surface area contributed by atoms with Crippen LogP contribution in [0, 0.1) is 0 Å². The maximum atomic E-state index is 10.1. The molecule has 0 radical (unpaired) electrons. The number of carboxylic acid groups (broad SMARTS) is 3. The second kappa shape index (κ2) is 7.30. The van der Waals surface area contributed by atoms with Gasteiger partial charge < -0.3 is 34.8 Å². The van der Waals surface area contributed by atoms with Crippen LogP contribution in [0.15, 0.2) is 0 Å². The molecule has 8 nitrogen and oxygen atoms in total. The summed E-state index contributed by atoms with van der Waals surface area (Å²) in [6.07, 6.45) is -2.72. The van der Waals surface area contributed by atoms with E-state index in [1.54, 1.807) is 0 Å². The van der Waals surface area contributed by atoms with Crippen molar-refractivity contribution in [2.75, 3.05) is 0 Å². The molecule has 15 heavy (non-hydrogen) atoms. The van der Waals surface area contributed by atoms with Crippen LogP contribution in [0.1, 0.15) is 12.8 Å². The van der Waals surface area contributed by atoms with Gasteiger partial charge in [-0.15, -0.1) is 0 Å². The molecule has 1 N–H and O–H groups in total. The molecule has 0 aromatic carbocycles. The van der Waals surface area contributed by atoms with Gasteiger partial charge in [-0.25, -0.2) is 0 Å². The first-order valence-corrected chi connectivity index (χ1v) is 4.34. The van der Waals surface area contributed by atoms with Crippen molar-refractivity contribution in [1.29, 1.82) is 0 Å². The summed E-state index contributed by atoms with van der Waals surface area (Å²) in [5.74, 6) is -5.98. The predicted molar refractivity (Wildman–Crippen MR) is 35.6 cm³/mol. The van der Waals surface area contributed by atoms with Crippen LogP contribution in [0.5, 0.6) is 0 Å². The first-order chi connectivity index (χ1) is 6.78. The Labute approximate surface area is 97.4 Å². The Morgan fingerprint density at radius 3 is 1.40 bits per heavy atom. The number of hydrogen-bond donors (Lipinski definition) is 1. The van der Waals surface area contributed by atoms with E-state index in [2.05, 4.69) is 0 Å². The Kier molecular flexibility index (Phi) is 7.99. The first kappa shape index (κ1) is 16.4. The van der Waals surface area contributed by atoms with E-state index in [0.717, 1.165) is 0 Å². The van der Waals surface area contributed by atoms with Crippen molar-refractivity contribution < 1.29 is 37.8 Å². The molecule has 0 fully saturated rings. The third-order valence-corrected chi connectivity index (χ3v) is 1.25. The normalized spacial score (nSPS) is 9.80. The molecule has 0 heterocycles. The molecule has 0 aliphatic rings. The van der Waals surface area contributed by atoms with Crippen molar-refractivity contribution in [2.45, 2.75) is 18.4 Å². The van der Waals surface area contributed by atoms with Gasteiger partial charge >= 0.3 is 26.0 Å². The van der Waals surface area contributed by atoms with Crippen LogP contribution in [-0.4, -0.2) is 51.6 Å². The number of rotatable bonds is 5. The minimum atomic E-state index is -2.97. The summed E-state index contributed by atoms with van der Waals surface area (Å²) in [5.41, 5.74) is -2.97. The van der Waals surface area contributed by atoms with Crippen LogP contribution in [0.3, 0.4) is 0 Å². The molecule has 0 aliphatic carbocycles. The van der Waals surface area contributed by atoms with E-state index in [9.17, 15) is 29.7 Å². The van der Waals surface area contributed by atoms with Crippen LogP contribution in [-0.2, 0) is 17.4 Å². The first-order valence-electron chi connectivity index (χ1n) is 3.30. The van der Waals surface area contributed by atoms with Gasteiger partial charge in [0.25, 0.3) is 0 Å². The van der Waals surface area contributed by atoms with E-state index in [1.165, 1.54) is 0 Å². The van der Waals surface area contributed by atoms with Crippen LogP contribution >= 0.6 is 0 Å². The zero-order valence-corrected chi connectivity index (χ0v) is 9.72. The molecule has 0 bridgehead atoms. The summed E-state index contributed by atoms with van der Waals surface area (Å²) in [6.45, 7) is 0. The molecular formula is C6H5O8Sb. The average molecular weight is 327 g/mol. The van der Waals surface area contributed by atoms with Gasteiger partial charge in [-0.1, -0.05) is 0 Å². The predicted octanol–water partition coefficient (Wildman–Crippen LogP) is -5.75. The number of hydrogen-bond acceptors (Lipinski definition) is 8. The van der Waals surface area contributed by atoms with Gasteiger partial charge in [-0.3, -0.25) is 0 Å². The molecule has 0 aromatic heterocycles. The SMILES string of the molecule is O=C([O-])CC(O)(CC(=O)[O-])C(=O)[O-].[O]=[Sb+3]. The van der Waals surface area contributed by atoms with Gasteiger partial charge in [0.2, 0.25) is 0 Å². The topological polar surface area (TPSA) is 158 Å². The van der Waals surface area contributed by atoms with E-state index >= 15 is 0 Å². The van der Waals surface area contributed by atoms with Gasteiger partial charge in [0, 0.05) is 24.8 Å². The number of carboxylic acids is 3. The standard InChI is InChI=1S/C6H8O7.O.Sb/c7-3(8)1-6(13,5(11)12)2-4(9)10;;/h13H,1-2H2,(H,7,8)(H,9,10)(H,11,12);;/q;;+3/p-3. The minimum absolute atomic E-state index is 0.500. The molecule has 0 aliphatic heterocycles. The van der Waals surface area contributed by atoms with Gasteiger partial charge in [-0.2, -0.15) is 0 Å².